The lowest BCUT2D eigenvalue weighted by atomic mass is 10.1. The standard InChI is InChI=1S/C29H31N3O4/c1-20-6-4-5-7-24(20)19-32-26(17-23-12-15-36-29(23)32)28(34)30-13-14-31(21(2)18-30)27(33)16-22-8-10-25(35-3)11-9-22/h4-12,15,17,21H,13-14,16,18-19H2,1-3H3. The molecule has 1 saturated heterocycles. The number of hydrogen-bond acceptors (Lipinski definition) is 4. The molecule has 1 atom stereocenters. The molecule has 2 aromatic heterocycles. The van der Waals surface area contributed by atoms with Gasteiger partial charge in [-0.1, -0.05) is 36.4 Å². The Hall–Kier alpha value is -4.00. The van der Waals surface area contributed by atoms with E-state index < -0.39 is 0 Å². The number of methoxy groups -OCH3 is 1. The molecule has 0 radical (unpaired) electrons. The van der Waals surface area contributed by atoms with Gasteiger partial charge in [-0.2, -0.15) is 0 Å². The zero-order valence-corrected chi connectivity index (χ0v) is 20.9. The SMILES string of the molecule is COc1ccc(CC(=O)N2CCN(C(=O)c3cc4ccoc4n3Cc3ccccc3C)CC2C)cc1. The number of aryl methyl sites for hydroxylation is 1. The normalized spacial score (nSPS) is 15.9. The molecule has 1 unspecified atom stereocenters. The number of carbonyl (C=O) groups excluding carboxylic acids is 2. The minimum atomic E-state index is -0.0729. The fourth-order valence-electron chi connectivity index (χ4n) is 4.96. The van der Waals surface area contributed by atoms with Crippen LogP contribution in [0.3, 0.4) is 0 Å². The van der Waals surface area contributed by atoms with E-state index in [1.165, 1.54) is 5.56 Å². The summed E-state index contributed by atoms with van der Waals surface area (Å²) in [6.07, 6.45) is 1.99. The summed E-state index contributed by atoms with van der Waals surface area (Å²) in [5.74, 6) is 0.801. The number of nitrogens with zero attached hydrogens (tertiary/aromatic N) is 3. The average molecular weight is 486 g/mol. The Morgan fingerprint density at radius 1 is 1.06 bits per heavy atom. The van der Waals surface area contributed by atoms with Crippen molar-refractivity contribution < 1.29 is 18.7 Å². The van der Waals surface area contributed by atoms with Crippen LogP contribution in [0.1, 0.15) is 34.1 Å². The number of hydrogen-bond donors (Lipinski definition) is 0. The van der Waals surface area contributed by atoms with Crippen LogP contribution >= 0.6 is 0 Å². The van der Waals surface area contributed by atoms with Crippen molar-refractivity contribution in [3.8, 4) is 5.75 Å². The highest BCUT2D eigenvalue weighted by Crippen LogP contribution is 2.25. The van der Waals surface area contributed by atoms with E-state index in [2.05, 4.69) is 19.1 Å². The molecule has 3 heterocycles. The molecule has 1 aliphatic rings. The maximum Gasteiger partial charge on any atom is 0.270 e. The number of ether oxygens (including phenoxy) is 1. The van der Waals surface area contributed by atoms with Crippen LogP contribution in [-0.2, 0) is 17.8 Å². The Kier molecular flexibility index (Phi) is 6.55. The number of rotatable bonds is 6. The van der Waals surface area contributed by atoms with Crippen LogP contribution in [0.2, 0.25) is 0 Å². The third-order valence-corrected chi connectivity index (χ3v) is 7.06. The van der Waals surface area contributed by atoms with Gasteiger partial charge in [0.1, 0.15) is 11.4 Å². The Morgan fingerprint density at radius 3 is 2.56 bits per heavy atom. The van der Waals surface area contributed by atoms with E-state index in [-0.39, 0.29) is 17.9 Å². The van der Waals surface area contributed by atoms with Crippen LogP contribution in [0, 0.1) is 6.92 Å². The lowest BCUT2D eigenvalue weighted by Gasteiger charge is -2.40. The van der Waals surface area contributed by atoms with Crippen molar-refractivity contribution in [3.63, 3.8) is 0 Å². The maximum atomic E-state index is 13.7. The topological polar surface area (TPSA) is 67.9 Å². The van der Waals surface area contributed by atoms with Gasteiger partial charge in [-0.3, -0.25) is 9.59 Å². The molecular formula is C29H31N3O4. The van der Waals surface area contributed by atoms with E-state index in [4.69, 9.17) is 9.15 Å². The van der Waals surface area contributed by atoms with Gasteiger partial charge in [-0.25, -0.2) is 0 Å². The molecule has 0 saturated carbocycles. The molecular weight excluding hydrogens is 454 g/mol. The molecule has 2 aromatic carbocycles. The first-order valence-electron chi connectivity index (χ1n) is 12.3. The van der Waals surface area contributed by atoms with E-state index in [9.17, 15) is 9.59 Å². The fourth-order valence-corrected chi connectivity index (χ4v) is 4.96. The fraction of sp³-hybridized carbons (Fsp3) is 0.310. The van der Waals surface area contributed by atoms with Crippen molar-refractivity contribution in [2.75, 3.05) is 26.7 Å². The number of furan rings is 1. The highest BCUT2D eigenvalue weighted by atomic mass is 16.5. The van der Waals surface area contributed by atoms with Crippen LogP contribution in [-0.4, -0.2) is 59.0 Å². The first-order valence-corrected chi connectivity index (χ1v) is 12.3. The second-order valence-electron chi connectivity index (χ2n) is 9.44. The zero-order chi connectivity index (χ0) is 25.2. The minimum Gasteiger partial charge on any atom is -0.497 e. The third-order valence-electron chi connectivity index (χ3n) is 7.06. The van der Waals surface area contributed by atoms with Crippen LogP contribution in [0.25, 0.3) is 11.1 Å². The molecule has 0 N–H and O–H groups in total. The molecule has 1 fully saturated rings. The summed E-state index contributed by atoms with van der Waals surface area (Å²) in [7, 11) is 1.62. The number of amides is 2. The predicted molar refractivity (Wildman–Crippen MR) is 138 cm³/mol. The van der Waals surface area contributed by atoms with Gasteiger partial charge in [0.15, 0.2) is 0 Å². The number of piperazine rings is 1. The van der Waals surface area contributed by atoms with Crippen molar-refractivity contribution in [2.24, 2.45) is 0 Å². The van der Waals surface area contributed by atoms with Gasteiger partial charge in [0.05, 0.1) is 26.3 Å². The molecule has 1 aliphatic heterocycles. The molecule has 7 nitrogen and oxygen atoms in total. The minimum absolute atomic E-state index is 0.0379. The van der Waals surface area contributed by atoms with E-state index in [0.717, 1.165) is 22.3 Å². The van der Waals surface area contributed by atoms with Crippen molar-refractivity contribution in [1.82, 2.24) is 14.4 Å². The number of fused-ring (bicyclic) bond motifs is 1. The first kappa shape index (κ1) is 23.7. The van der Waals surface area contributed by atoms with Gasteiger partial charge >= 0.3 is 0 Å². The second-order valence-corrected chi connectivity index (χ2v) is 9.44. The highest BCUT2D eigenvalue weighted by molar-refractivity contribution is 5.98. The Bertz CT molecular complexity index is 1390. The van der Waals surface area contributed by atoms with E-state index >= 15 is 0 Å². The first-order chi connectivity index (χ1) is 17.4. The summed E-state index contributed by atoms with van der Waals surface area (Å²) in [6.45, 7) is 6.13. The van der Waals surface area contributed by atoms with Crippen molar-refractivity contribution in [1.29, 1.82) is 0 Å². The summed E-state index contributed by atoms with van der Waals surface area (Å²) in [5.41, 5.74) is 4.56. The van der Waals surface area contributed by atoms with Crippen molar-refractivity contribution in [2.45, 2.75) is 32.9 Å². The molecule has 4 aromatic rings. The number of benzene rings is 2. The Morgan fingerprint density at radius 2 is 1.83 bits per heavy atom. The van der Waals surface area contributed by atoms with Crippen LogP contribution in [0.4, 0.5) is 0 Å². The summed E-state index contributed by atoms with van der Waals surface area (Å²) in [4.78, 5) is 30.4. The molecule has 5 rings (SSSR count). The van der Waals surface area contributed by atoms with Crippen molar-refractivity contribution in [3.05, 3.63) is 89.3 Å². The molecule has 0 bridgehead atoms. The van der Waals surface area contributed by atoms with Crippen LogP contribution in [0.5, 0.6) is 5.75 Å². The molecule has 186 valence electrons. The van der Waals surface area contributed by atoms with Crippen LogP contribution in [0.15, 0.2) is 71.3 Å². The maximum absolute atomic E-state index is 13.7. The van der Waals surface area contributed by atoms with Gasteiger partial charge in [-0.05, 0) is 54.8 Å². The monoisotopic (exact) mass is 485 g/mol. The molecule has 7 heteroatoms. The smallest absolute Gasteiger partial charge is 0.270 e. The second kappa shape index (κ2) is 9.93. The van der Waals surface area contributed by atoms with Crippen molar-refractivity contribution >= 4 is 22.9 Å². The van der Waals surface area contributed by atoms with Gasteiger partial charge in [-0.15, -0.1) is 0 Å². The molecule has 0 spiro atoms. The lowest BCUT2D eigenvalue weighted by molar-refractivity contribution is -0.134. The largest absolute Gasteiger partial charge is 0.497 e. The van der Waals surface area contributed by atoms with E-state index in [1.54, 1.807) is 13.4 Å². The Balaban J connectivity index is 1.30. The zero-order valence-electron chi connectivity index (χ0n) is 20.9. The number of carbonyl (C=O) groups is 2. The predicted octanol–water partition coefficient (Wildman–Crippen LogP) is 4.52. The van der Waals surface area contributed by atoms with E-state index in [1.807, 2.05) is 69.8 Å². The average Bonchev–Trinajstić information content (AvgIpc) is 3.48. The molecule has 36 heavy (non-hydrogen) atoms. The summed E-state index contributed by atoms with van der Waals surface area (Å²) in [5, 5.41) is 0.910. The lowest BCUT2D eigenvalue weighted by Crippen LogP contribution is -2.56. The van der Waals surface area contributed by atoms with Gasteiger partial charge in [0.2, 0.25) is 11.6 Å². The quantitative estimate of drug-likeness (QED) is 0.403. The van der Waals surface area contributed by atoms with Gasteiger partial charge < -0.3 is 23.5 Å². The van der Waals surface area contributed by atoms with Gasteiger partial charge in [0, 0.05) is 31.1 Å². The molecule has 2 amide bonds. The summed E-state index contributed by atoms with van der Waals surface area (Å²) >= 11 is 0. The Labute approximate surface area is 210 Å². The summed E-state index contributed by atoms with van der Waals surface area (Å²) in [6, 6.07) is 19.5. The third kappa shape index (κ3) is 4.61. The van der Waals surface area contributed by atoms with Crippen LogP contribution < -0.4 is 4.74 Å². The molecule has 0 aliphatic carbocycles. The summed E-state index contributed by atoms with van der Waals surface area (Å²) < 4.78 is 12.9. The number of aromatic nitrogens is 1. The highest BCUT2D eigenvalue weighted by Gasteiger charge is 2.32. The van der Waals surface area contributed by atoms with E-state index in [0.29, 0.717) is 44.0 Å². The van der Waals surface area contributed by atoms with Gasteiger partial charge in [0.25, 0.3) is 5.91 Å².